The van der Waals surface area contributed by atoms with Gasteiger partial charge in [-0.1, -0.05) is 23.4 Å². The molecule has 0 radical (unpaired) electrons. The summed E-state index contributed by atoms with van der Waals surface area (Å²) in [7, 11) is 1.86. The molecule has 3 rings (SSSR count). The molecule has 3 aromatic rings. The average Bonchev–Trinajstić information content (AvgIpc) is 3.03. The molecular formula is C15H15BrN4O2. The van der Waals surface area contributed by atoms with Crippen LogP contribution < -0.4 is 5.32 Å². The lowest BCUT2D eigenvalue weighted by molar-refractivity contribution is 0.0924. The number of fused-ring (bicyclic) bond motifs is 1. The first-order valence-corrected chi connectivity index (χ1v) is 7.62. The lowest BCUT2D eigenvalue weighted by atomic mass is 10.2. The molecule has 1 N–H and O–H groups in total. The monoisotopic (exact) mass is 362 g/mol. The van der Waals surface area contributed by atoms with Crippen molar-refractivity contribution in [3.8, 4) is 0 Å². The molecule has 0 saturated carbocycles. The number of hydrogen-bond acceptors (Lipinski definition) is 4. The number of benzene rings is 1. The predicted octanol–water partition coefficient (Wildman–Crippen LogP) is 3.12. The van der Waals surface area contributed by atoms with Crippen LogP contribution in [0.5, 0.6) is 0 Å². The van der Waals surface area contributed by atoms with Crippen molar-refractivity contribution in [3.05, 3.63) is 46.1 Å². The number of carbonyl (C=O) groups excluding carboxylic acids is 1. The highest BCUT2D eigenvalue weighted by atomic mass is 79.9. The standard InChI is InChI=1S/C15H15BrN4O2/c1-8(15-18-9(2)19-22-15)17-14(21)13-12(16)10-6-4-5-7-11(10)20(13)3/h4-8H,1-3H3,(H,17,21). The fourth-order valence-corrected chi connectivity index (χ4v) is 3.20. The Morgan fingerprint density at radius 3 is 2.77 bits per heavy atom. The normalized spacial score (nSPS) is 12.5. The fraction of sp³-hybridized carbons (Fsp3) is 0.267. The molecule has 2 heterocycles. The highest BCUT2D eigenvalue weighted by Crippen LogP contribution is 2.30. The van der Waals surface area contributed by atoms with Crippen molar-refractivity contribution in [2.45, 2.75) is 19.9 Å². The van der Waals surface area contributed by atoms with Gasteiger partial charge in [-0.15, -0.1) is 0 Å². The summed E-state index contributed by atoms with van der Waals surface area (Å²) in [5, 5.41) is 7.61. The Balaban J connectivity index is 1.92. The number of nitrogens with zero attached hydrogens (tertiary/aromatic N) is 3. The van der Waals surface area contributed by atoms with Crippen LogP contribution in [0.3, 0.4) is 0 Å². The molecule has 1 amide bonds. The number of nitrogens with one attached hydrogen (secondary N) is 1. The molecular weight excluding hydrogens is 348 g/mol. The van der Waals surface area contributed by atoms with E-state index in [4.69, 9.17) is 4.52 Å². The maximum Gasteiger partial charge on any atom is 0.269 e. The molecule has 6 nitrogen and oxygen atoms in total. The van der Waals surface area contributed by atoms with Gasteiger partial charge in [0.05, 0.1) is 4.47 Å². The summed E-state index contributed by atoms with van der Waals surface area (Å²) in [5.41, 5.74) is 1.55. The van der Waals surface area contributed by atoms with Crippen LogP contribution in [-0.2, 0) is 7.05 Å². The molecule has 114 valence electrons. The van der Waals surface area contributed by atoms with Gasteiger partial charge in [0, 0.05) is 18.0 Å². The second kappa shape index (κ2) is 5.57. The molecule has 1 unspecified atom stereocenters. The van der Waals surface area contributed by atoms with Crippen molar-refractivity contribution in [1.82, 2.24) is 20.0 Å². The minimum Gasteiger partial charge on any atom is -0.339 e. The summed E-state index contributed by atoms with van der Waals surface area (Å²) in [6.45, 7) is 3.55. The van der Waals surface area contributed by atoms with E-state index in [1.54, 1.807) is 13.8 Å². The van der Waals surface area contributed by atoms with E-state index in [2.05, 4.69) is 31.4 Å². The molecule has 1 atom stereocenters. The Morgan fingerprint density at radius 1 is 1.41 bits per heavy atom. The molecule has 1 aromatic carbocycles. The van der Waals surface area contributed by atoms with Gasteiger partial charge in [-0.25, -0.2) is 0 Å². The maximum absolute atomic E-state index is 12.6. The van der Waals surface area contributed by atoms with E-state index in [1.807, 2.05) is 35.9 Å². The highest BCUT2D eigenvalue weighted by Gasteiger charge is 2.22. The van der Waals surface area contributed by atoms with E-state index in [1.165, 1.54) is 0 Å². The summed E-state index contributed by atoms with van der Waals surface area (Å²) in [4.78, 5) is 16.7. The first-order valence-electron chi connectivity index (χ1n) is 6.83. The van der Waals surface area contributed by atoms with E-state index < -0.39 is 0 Å². The van der Waals surface area contributed by atoms with Gasteiger partial charge < -0.3 is 14.4 Å². The second-order valence-corrected chi connectivity index (χ2v) is 5.91. The largest absolute Gasteiger partial charge is 0.339 e. The lowest BCUT2D eigenvalue weighted by Gasteiger charge is -2.11. The third kappa shape index (κ3) is 2.41. The minimum absolute atomic E-state index is 0.200. The number of aromatic nitrogens is 3. The zero-order chi connectivity index (χ0) is 15.9. The molecule has 2 aromatic heterocycles. The number of carbonyl (C=O) groups is 1. The van der Waals surface area contributed by atoms with Gasteiger partial charge in [-0.05, 0) is 35.8 Å². The van der Waals surface area contributed by atoms with Gasteiger partial charge in [0.2, 0.25) is 5.89 Å². The predicted molar refractivity (Wildman–Crippen MR) is 85.5 cm³/mol. The van der Waals surface area contributed by atoms with Crippen LogP contribution in [0, 0.1) is 6.92 Å². The van der Waals surface area contributed by atoms with E-state index >= 15 is 0 Å². The fourth-order valence-electron chi connectivity index (χ4n) is 2.41. The van der Waals surface area contributed by atoms with Gasteiger partial charge >= 0.3 is 0 Å². The van der Waals surface area contributed by atoms with Gasteiger partial charge in [0.25, 0.3) is 5.91 Å². The molecule has 0 aliphatic rings. The van der Waals surface area contributed by atoms with E-state index in [0.29, 0.717) is 17.4 Å². The van der Waals surface area contributed by atoms with Gasteiger partial charge in [-0.2, -0.15) is 4.98 Å². The molecule has 0 saturated heterocycles. The Bertz CT molecular complexity index is 813. The summed E-state index contributed by atoms with van der Waals surface area (Å²) in [6, 6.07) is 7.47. The van der Waals surface area contributed by atoms with Crippen LogP contribution in [0.2, 0.25) is 0 Å². The zero-order valence-electron chi connectivity index (χ0n) is 12.4. The van der Waals surface area contributed by atoms with Crippen LogP contribution in [-0.4, -0.2) is 20.6 Å². The Hall–Kier alpha value is -2.15. The molecule has 0 bridgehead atoms. The third-order valence-electron chi connectivity index (χ3n) is 3.52. The van der Waals surface area contributed by atoms with Gasteiger partial charge in [-0.3, -0.25) is 4.79 Å². The average molecular weight is 363 g/mol. The first kappa shape index (κ1) is 14.8. The SMILES string of the molecule is Cc1noc(C(C)NC(=O)c2c(Br)c3ccccc3n2C)n1. The summed E-state index contributed by atoms with van der Waals surface area (Å²) < 4.78 is 7.72. The van der Waals surface area contributed by atoms with Crippen LogP contribution in [0.15, 0.2) is 33.3 Å². The molecule has 0 fully saturated rings. The Labute approximate surface area is 135 Å². The quantitative estimate of drug-likeness (QED) is 0.776. The summed E-state index contributed by atoms with van der Waals surface area (Å²) >= 11 is 3.52. The third-order valence-corrected chi connectivity index (χ3v) is 4.32. The molecule has 22 heavy (non-hydrogen) atoms. The van der Waals surface area contributed by atoms with Crippen molar-refractivity contribution in [3.63, 3.8) is 0 Å². The number of aryl methyl sites for hydroxylation is 2. The molecule has 0 aliphatic carbocycles. The molecule has 7 heteroatoms. The van der Waals surface area contributed by atoms with Crippen LogP contribution >= 0.6 is 15.9 Å². The summed E-state index contributed by atoms with van der Waals surface area (Å²) in [6.07, 6.45) is 0. The molecule has 0 aliphatic heterocycles. The lowest BCUT2D eigenvalue weighted by Crippen LogP contribution is -2.28. The summed E-state index contributed by atoms with van der Waals surface area (Å²) in [5.74, 6) is 0.733. The van der Waals surface area contributed by atoms with E-state index in [9.17, 15) is 4.79 Å². The Kier molecular flexibility index (Phi) is 3.74. The van der Waals surface area contributed by atoms with Crippen molar-refractivity contribution >= 4 is 32.7 Å². The maximum atomic E-state index is 12.6. The minimum atomic E-state index is -0.362. The smallest absolute Gasteiger partial charge is 0.269 e. The number of halogens is 1. The van der Waals surface area contributed by atoms with E-state index in [-0.39, 0.29) is 11.9 Å². The van der Waals surface area contributed by atoms with Crippen molar-refractivity contribution in [2.75, 3.05) is 0 Å². The number of amides is 1. The highest BCUT2D eigenvalue weighted by molar-refractivity contribution is 9.10. The van der Waals surface area contributed by atoms with E-state index in [0.717, 1.165) is 15.4 Å². The Morgan fingerprint density at radius 2 is 2.14 bits per heavy atom. The van der Waals surface area contributed by atoms with Crippen molar-refractivity contribution in [1.29, 1.82) is 0 Å². The van der Waals surface area contributed by atoms with Crippen LogP contribution in [0.4, 0.5) is 0 Å². The topological polar surface area (TPSA) is 73.0 Å². The van der Waals surface area contributed by atoms with Crippen molar-refractivity contribution < 1.29 is 9.32 Å². The van der Waals surface area contributed by atoms with Gasteiger partial charge in [0.1, 0.15) is 11.7 Å². The number of para-hydroxylation sites is 1. The number of hydrogen-bond donors (Lipinski definition) is 1. The zero-order valence-corrected chi connectivity index (χ0v) is 14.0. The number of rotatable bonds is 3. The van der Waals surface area contributed by atoms with Crippen LogP contribution in [0.1, 0.15) is 35.2 Å². The van der Waals surface area contributed by atoms with Gasteiger partial charge in [0.15, 0.2) is 5.82 Å². The first-order chi connectivity index (χ1) is 10.5. The molecule has 0 spiro atoms. The second-order valence-electron chi connectivity index (χ2n) is 5.11. The van der Waals surface area contributed by atoms with Crippen LogP contribution in [0.25, 0.3) is 10.9 Å². The van der Waals surface area contributed by atoms with Crippen molar-refractivity contribution in [2.24, 2.45) is 7.05 Å².